The van der Waals surface area contributed by atoms with E-state index in [1.165, 1.54) is 12.8 Å². The lowest BCUT2D eigenvalue weighted by Gasteiger charge is -2.43. The summed E-state index contributed by atoms with van der Waals surface area (Å²) >= 11 is 0. The summed E-state index contributed by atoms with van der Waals surface area (Å²) in [5.41, 5.74) is 1.14. The molecule has 0 amide bonds. The normalized spacial score (nSPS) is 25.4. The minimum absolute atomic E-state index is 0.336. The van der Waals surface area contributed by atoms with Gasteiger partial charge in [0.2, 0.25) is 0 Å². The molecule has 3 rings (SSSR count). The van der Waals surface area contributed by atoms with Gasteiger partial charge in [-0.05, 0) is 45.8 Å². The van der Waals surface area contributed by atoms with Gasteiger partial charge in [0.15, 0.2) is 11.5 Å². The highest BCUT2D eigenvalue weighted by Crippen LogP contribution is 2.35. The molecule has 2 saturated heterocycles. The van der Waals surface area contributed by atoms with Crippen LogP contribution in [0.5, 0.6) is 17.2 Å². The summed E-state index contributed by atoms with van der Waals surface area (Å²) in [6, 6.07) is 4.62. The highest BCUT2D eigenvalue weighted by molar-refractivity contribution is 5.50. The van der Waals surface area contributed by atoms with Gasteiger partial charge in [-0.25, -0.2) is 0 Å². The van der Waals surface area contributed by atoms with Crippen molar-refractivity contribution in [2.24, 2.45) is 0 Å². The first-order chi connectivity index (χ1) is 13.0. The first-order valence-electron chi connectivity index (χ1n) is 9.94. The summed E-state index contributed by atoms with van der Waals surface area (Å²) in [4.78, 5) is 5.14. The van der Waals surface area contributed by atoms with Crippen LogP contribution in [0.2, 0.25) is 0 Å². The molecule has 1 aromatic rings. The van der Waals surface area contributed by atoms with E-state index in [2.05, 4.69) is 23.6 Å². The van der Waals surface area contributed by atoms with Gasteiger partial charge in [-0.3, -0.25) is 9.80 Å². The number of methoxy groups -OCH3 is 3. The Hall–Kier alpha value is -1.50. The van der Waals surface area contributed by atoms with Gasteiger partial charge in [0.25, 0.3) is 0 Å². The molecule has 2 fully saturated rings. The Morgan fingerprint density at radius 3 is 2.00 bits per heavy atom. The summed E-state index contributed by atoms with van der Waals surface area (Å²) < 4.78 is 22.3. The fourth-order valence-corrected chi connectivity index (χ4v) is 4.42. The third-order valence-corrected chi connectivity index (χ3v) is 5.70. The molecular formula is C21H34N2O4. The molecule has 0 spiro atoms. The minimum Gasteiger partial charge on any atom is -0.496 e. The molecule has 0 saturated carbocycles. The molecule has 2 atom stereocenters. The van der Waals surface area contributed by atoms with Crippen LogP contribution in [0.15, 0.2) is 12.1 Å². The highest BCUT2D eigenvalue weighted by Gasteiger charge is 2.30. The summed E-state index contributed by atoms with van der Waals surface area (Å²) in [6.45, 7) is 9.54. The molecule has 2 aliphatic rings. The van der Waals surface area contributed by atoms with E-state index >= 15 is 0 Å². The first-order valence-corrected chi connectivity index (χ1v) is 9.94. The van der Waals surface area contributed by atoms with Crippen molar-refractivity contribution in [2.45, 2.75) is 51.5 Å². The molecule has 2 heterocycles. The minimum atomic E-state index is 0.336. The summed E-state index contributed by atoms with van der Waals surface area (Å²) in [5, 5.41) is 0. The van der Waals surface area contributed by atoms with E-state index in [1.807, 2.05) is 12.1 Å². The van der Waals surface area contributed by atoms with Crippen molar-refractivity contribution in [3.05, 3.63) is 17.7 Å². The van der Waals surface area contributed by atoms with Gasteiger partial charge >= 0.3 is 0 Å². The number of hydrogen-bond acceptors (Lipinski definition) is 6. The number of likely N-dealkylation sites (tertiary alicyclic amines) is 1. The van der Waals surface area contributed by atoms with Crippen molar-refractivity contribution in [2.75, 3.05) is 47.5 Å². The fourth-order valence-electron chi connectivity index (χ4n) is 4.42. The Kier molecular flexibility index (Phi) is 6.84. The van der Waals surface area contributed by atoms with Crippen molar-refractivity contribution in [1.82, 2.24) is 9.80 Å². The lowest BCUT2D eigenvalue weighted by Crippen LogP contribution is -2.53. The average molecular weight is 379 g/mol. The van der Waals surface area contributed by atoms with Gasteiger partial charge in [-0.1, -0.05) is 0 Å². The van der Waals surface area contributed by atoms with Gasteiger partial charge in [0.1, 0.15) is 5.75 Å². The molecule has 152 valence electrons. The molecule has 6 nitrogen and oxygen atoms in total. The largest absolute Gasteiger partial charge is 0.496 e. The second kappa shape index (κ2) is 9.13. The Bertz CT molecular complexity index is 606. The number of morpholine rings is 1. The SMILES string of the molecule is COc1cc(OC)c(OC)cc1CN1CCC(N2CC(C)OC(C)C2)CC1. The van der Waals surface area contributed by atoms with Crippen LogP contribution >= 0.6 is 0 Å². The van der Waals surface area contributed by atoms with Gasteiger partial charge in [0.05, 0.1) is 33.5 Å². The van der Waals surface area contributed by atoms with Crippen LogP contribution in [0, 0.1) is 0 Å². The average Bonchev–Trinajstić information content (AvgIpc) is 2.67. The topological polar surface area (TPSA) is 43.4 Å². The van der Waals surface area contributed by atoms with E-state index in [-0.39, 0.29) is 0 Å². The number of benzene rings is 1. The van der Waals surface area contributed by atoms with Crippen molar-refractivity contribution in [3.63, 3.8) is 0 Å². The lowest BCUT2D eigenvalue weighted by molar-refractivity contribution is -0.0865. The quantitative estimate of drug-likeness (QED) is 0.758. The fraction of sp³-hybridized carbons (Fsp3) is 0.714. The lowest BCUT2D eigenvalue weighted by atomic mass is 10.0. The van der Waals surface area contributed by atoms with E-state index in [0.717, 1.165) is 49.8 Å². The zero-order chi connectivity index (χ0) is 19.4. The van der Waals surface area contributed by atoms with Crippen molar-refractivity contribution in [3.8, 4) is 17.2 Å². The molecule has 27 heavy (non-hydrogen) atoms. The van der Waals surface area contributed by atoms with E-state index in [9.17, 15) is 0 Å². The standard InChI is InChI=1S/C21H34N2O4/c1-15-12-23(13-16(2)27-15)18-6-8-22(9-7-18)14-17-10-20(25-4)21(26-5)11-19(17)24-3/h10-11,15-16,18H,6-9,12-14H2,1-5H3. The zero-order valence-corrected chi connectivity index (χ0v) is 17.4. The summed E-state index contributed by atoms with van der Waals surface area (Å²) in [7, 11) is 5.02. The number of rotatable bonds is 6. The van der Waals surface area contributed by atoms with Crippen molar-refractivity contribution in [1.29, 1.82) is 0 Å². The Morgan fingerprint density at radius 2 is 1.44 bits per heavy atom. The van der Waals surface area contributed by atoms with Gasteiger partial charge in [-0.15, -0.1) is 0 Å². The van der Waals surface area contributed by atoms with E-state index in [4.69, 9.17) is 18.9 Å². The van der Waals surface area contributed by atoms with E-state index in [1.54, 1.807) is 21.3 Å². The Morgan fingerprint density at radius 1 is 0.889 bits per heavy atom. The summed E-state index contributed by atoms with van der Waals surface area (Å²) in [6.07, 6.45) is 3.08. The maximum absolute atomic E-state index is 5.89. The van der Waals surface area contributed by atoms with Crippen molar-refractivity contribution < 1.29 is 18.9 Å². The van der Waals surface area contributed by atoms with Crippen LogP contribution in [0.3, 0.4) is 0 Å². The molecule has 0 N–H and O–H groups in total. The molecule has 0 aliphatic carbocycles. The van der Waals surface area contributed by atoms with Crippen LogP contribution in [0.4, 0.5) is 0 Å². The number of nitrogens with zero attached hydrogens (tertiary/aromatic N) is 2. The van der Waals surface area contributed by atoms with Crippen LogP contribution in [0.1, 0.15) is 32.3 Å². The maximum atomic E-state index is 5.89. The molecule has 6 heteroatoms. The van der Waals surface area contributed by atoms with Crippen LogP contribution in [-0.4, -0.2) is 75.6 Å². The smallest absolute Gasteiger partial charge is 0.164 e. The Balaban J connectivity index is 1.60. The van der Waals surface area contributed by atoms with Gasteiger partial charge < -0.3 is 18.9 Å². The molecule has 0 radical (unpaired) electrons. The number of piperidine rings is 1. The Labute approximate surface area is 163 Å². The monoisotopic (exact) mass is 378 g/mol. The molecule has 2 aliphatic heterocycles. The van der Waals surface area contributed by atoms with Crippen LogP contribution in [0.25, 0.3) is 0 Å². The maximum Gasteiger partial charge on any atom is 0.164 e. The molecule has 0 bridgehead atoms. The highest BCUT2D eigenvalue weighted by atomic mass is 16.5. The van der Waals surface area contributed by atoms with Crippen LogP contribution < -0.4 is 14.2 Å². The predicted molar refractivity (Wildman–Crippen MR) is 106 cm³/mol. The van der Waals surface area contributed by atoms with E-state index < -0.39 is 0 Å². The van der Waals surface area contributed by atoms with Crippen LogP contribution in [-0.2, 0) is 11.3 Å². The zero-order valence-electron chi connectivity index (χ0n) is 17.4. The van der Waals surface area contributed by atoms with Crippen molar-refractivity contribution >= 4 is 0 Å². The second-order valence-corrected chi connectivity index (χ2v) is 7.74. The summed E-state index contributed by atoms with van der Waals surface area (Å²) in [5.74, 6) is 2.30. The number of hydrogen-bond donors (Lipinski definition) is 0. The molecule has 1 aromatic carbocycles. The number of ether oxygens (including phenoxy) is 4. The third kappa shape index (κ3) is 4.86. The third-order valence-electron chi connectivity index (χ3n) is 5.70. The van der Waals surface area contributed by atoms with Gasteiger partial charge in [0, 0.05) is 37.3 Å². The molecule has 0 aromatic heterocycles. The second-order valence-electron chi connectivity index (χ2n) is 7.74. The first kappa shape index (κ1) is 20.2. The molecule has 2 unspecified atom stereocenters. The van der Waals surface area contributed by atoms with Gasteiger partial charge in [-0.2, -0.15) is 0 Å². The molecular weight excluding hydrogens is 344 g/mol. The van der Waals surface area contributed by atoms with E-state index in [0.29, 0.717) is 24.0 Å². The predicted octanol–water partition coefficient (Wildman–Crippen LogP) is 2.79.